The molecule has 8 heteroatoms. The molecule has 3 aromatic rings. The lowest BCUT2D eigenvalue weighted by Crippen LogP contribution is -2.39. The number of amides is 1. The molecule has 0 radical (unpaired) electrons. The lowest BCUT2D eigenvalue weighted by Gasteiger charge is -2.34. The number of sulfone groups is 1. The number of piperidine rings is 1. The van der Waals surface area contributed by atoms with Crippen LogP contribution in [0.5, 0.6) is 5.75 Å². The molecular weight excluding hydrogens is 414 g/mol. The number of ether oxygens (including phenoxy) is 1. The Morgan fingerprint density at radius 3 is 2.52 bits per heavy atom. The number of aromatic nitrogens is 1. The van der Waals surface area contributed by atoms with Gasteiger partial charge in [-0.05, 0) is 50.1 Å². The highest BCUT2D eigenvalue weighted by Crippen LogP contribution is 2.38. The maximum absolute atomic E-state index is 13.6. The normalized spacial score (nSPS) is 15.2. The fourth-order valence-electron chi connectivity index (χ4n) is 4.03. The Balaban J connectivity index is 1.90. The molecule has 1 fully saturated rings. The van der Waals surface area contributed by atoms with Gasteiger partial charge in [0, 0.05) is 30.6 Å². The van der Waals surface area contributed by atoms with E-state index < -0.39 is 9.84 Å². The summed E-state index contributed by atoms with van der Waals surface area (Å²) in [7, 11) is -3.80. The number of nitrogens with zero attached hydrogens (tertiary/aromatic N) is 2. The molecule has 1 saturated heterocycles. The molecule has 2 heterocycles. The van der Waals surface area contributed by atoms with E-state index in [0.717, 1.165) is 0 Å². The second-order valence-corrected chi connectivity index (χ2v) is 9.48. The van der Waals surface area contributed by atoms with Crippen molar-refractivity contribution in [2.75, 3.05) is 24.6 Å². The quantitative estimate of drug-likeness (QED) is 0.633. The molecule has 1 aliphatic heterocycles. The number of hydrogen-bond acceptors (Lipinski definition) is 6. The summed E-state index contributed by atoms with van der Waals surface area (Å²) in [6, 6.07) is 13.8. The van der Waals surface area contributed by atoms with Crippen LogP contribution in [0.25, 0.3) is 10.9 Å². The zero-order chi connectivity index (χ0) is 22.0. The van der Waals surface area contributed by atoms with E-state index in [0.29, 0.717) is 54.9 Å². The summed E-state index contributed by atoms with van der Waals surface area (Å²) in [5.74, 6) is 0.145. The van der Waals surface area contributed by atoms with Gasteiger partial charge in [0.1, 0.15) is 10.6 Å². The average Bonchev–Trinajstić information content (AvgIpc) is 2.79. The largest absolute Gasteiger partial charge is 0.494 e. The third-order valence-corrected chi connectivity index (χ3v) is 7.42. The van der Waals surface area contributed by atoms with Crippen LogP contribution in [0.1, 0.15) is 19.8 Å². The average molecular weight is 440 g/mol. The summed E-state index contributed by atoms with van der Waals surface area (Å²) < 4.78 is 32.8. The van der Waals surface area contributed by atoms with Crippen LogP contribution in [0.2, 0.25) is 0 Å². The number of carbonyl (C=O) groups is 1. The van der Waals surface area contributed by atoms with Crippen molar-refractivity contribution >= 4 is 32.3 Å². The summed E-state index contributed by atoms with van der Waals surface area (Å²) >= 11 is 0. The Morgan fingerprint density at radius 1 is 1.16 bits per heavy atom. The number of hydrogen-bond donors (Lipinski definition) is 1. The van der Waals surface area contributed by atoms with Crippen molar-refractivity contribution < 1.29 is 17.9 Å². The Bertz CT molecular complexity index is 1200. The van der Waals surface area contributed by atoms with E-state index in [-0.39, 0.29) is 21.6 Å². The van der Waals surface area contributed by atoms with Gasteiger partial charge in [0.15, 0.2) is 0 Å². The summed E-state index contributed by atoms with van der Waals surface area (Å²) in [4.78, 5) is 18.4. The third kappa shape index (κ3) is 4.07. The van der Waals surface area contributed by atoms with Crippen LogP contribution in [-0.4, -0.2) is 39.0 Å². The van der Waals surface area contributed by atoms with Gasteiger partial charge in [-0.2, -0.15) is 0 Å². The fraction of sp³-hybridized carbons (Fsp3) is 0.304. The topological polar surface area (TPSA) is 103 Å². The van der Waals surface area contributed by atoms with E-state index in [1.807, 2.05) is 30.0 Å². The van der Waals surface area contributed by atoms with Crippen molar-refractivity contribution in [3.05, 3.63) is 54.7 Å². The SMILES string of the molecule is CCOc1ccc2ncc(S(=O)(=O)c3ccccc3)c(N3CCC(C(N)=O)CC3)c2c1. The predicted octanol–water partition coefficient (Wildman–Crippen LogP) is 3.17. The van der Waals surface area contributed by atoms with Crippen molar-refractivity contribution in [3.63, 3.8) is 0 Å². The van der Waals surface area contributed by atoms with Crippen LogP contribution < -0.4 is 15.4 Å². The highest BCUT2D eigenvalue weighted by molar-refractivity contribution is 7.91. The second-order valence-electron chi connectivity index (χ2n) is 7.56. The number of nitrogens with two attached hydrogens (primary N) is 1. The van der Waals surface area contributed by atoms with E-state index in [1.165, 1.54) is 6.20 Å². The van der Waals surface area contributed by atoms with Crippen LogP contribution in [-0.2, 0) is 14.6 Å². The summed E-state index contributed by atoms with van der Waals surface area (Å²) in [5, 5.41) is 0.709. The first-order valence-corrected chi connectivity index (χ1v) is 11.8. The van der Waals surface area contributed by atoms with E-state index in [1.54, 1.807) is 30.3 Å². The number of carbonyl (C=O) groups excluding carboxylic acids is 1. The molecule has 2 aromatic carbocycles. The number of anilines is 1. The molecule has 162 valence electrons. The molecule has 0 aliphatic carbocycles. The molecule has 4 rings (SSSR count). The van der Waals surface area contributed by atoms with E-state index in [2.05, 4.69) is 4.98 Å². The molecule has 0 unspecified atom stereocenters. The minimum atomic E-state index is -3.80. The predicted molar refractivity (Wildman–Crippen MR) is 119 cm³/mol. The first-order chi connectivity index (χ1) is 14.9. The van der Waals surface area contributed by atoms with Gasteiger partial charge in [0.2, 0.25) is 15.7 Å². The van der Waals surface area contributed by atoms with Crippen LogP contribution in [0.15, 0.2) is 64.5 Å². The number of primary amides is 1. The Morgan fingerprint density at radius 2 is 1.87 bits per heavy atom. The summed E-state index contributed by atoms with van der Waals surface area (Å²) in [6.45, 7) is 3.46. The Labute approximate surface area is 181 Å². The molecule has 0 bridgehead atoms. The highest BCUT2D eigenvalue weighted by atomic mass is 32.2. The van der Waals surface area contributed by atoms with Crippen molar-refractivity contribution in [2.45, 2.75) is 29.6 Å². The van der Waals surface area contributed by atoms with Crippen molar-refractivity contribution in [1.29, 1.82) is 0 Å². The summed E-state index contributed by atoms with van der Waals surface area (Å²) in [6.07, 6.45) is 2.59. The van der Waals surface area contributed by atoms with Crippen LogP contribution in [0.3, 0.4) is 0 Å². The van der Waals surface area contributed by atoms with Crippen LogP contribution in [0.4, 0.5) is 5.69 Å². The van der Waals surface area contributed by atoms with Gasteiger partial charge in [-0.15, -0.1) is 0 Å². The molecule has 0 saturated carbocycles. The first-order valence-electron chi connectivity index (χ1n) is 10.3. The van der Waals surface area contributed by atoms with Crippen LogP contribution in [0, 0.1) is 5.92 Å². The Kier molecular flexibility index (Phi) is 5.82. The van der Waals surface area contributed by atoms with E-state index in [4.69, 9.17) is 10.5 Å². The molecule has 1 amide bonds. The lowest BCUT2D eigenvalue weighted by molar-refractivity contribution is -0.122. The number of rotatable bonds is 6. The standard InChI is InChI=1S/C23H25N3O4S/c1-2-30-17-8-9-20-19(14-17)22(26-12-10-16(11-13-26)23(24)27)21(15-25-20)31(28,29)18-6-4-3-5-7-18/h3-9,14-16H,2,10-13H2,1H3,(H2,24,27). The molecule has 7 nitrogen and oxygen atoms in total. The lowest BCUT2D eigenvalue weighted by atomic mass is 9.95. The smallest absolute Gasteiger partial charge is 0.220 e. The van der Waals surface area contributed by atoms with Gasteiger partial charge in [-0.1, -0.05) is 18.2 Å². The van der Waals surface area contributed by atoms with Gasteiger partial charge in [-0.25, -0.2) is 8.42 Å². The maximum atomic E-state index is 13.6. The molecule has 31 heavy (non-hydrogen) atoms. The third-order valence-electron chi connectivity index (χ3n) is 5.65. The minimum absolute atomic E-state index is 0.150. The fourth-order valence-corrected chi connectivity index (χ4v) is 5.49. The number of benzene rings is 2. The molecule has 0 spiro atoms. The van der Waals surface area contributed by atoms with Crippen LogP contribution >= 0.6 is 0 Å². The molecule has 0 atom stereocenters. The highest BCUT2D eigenvalue weighted by Gasteiger charge is 2.30. The molecule has 2 N–H and O–H groups in total. The zero-order valence-electron chi connectivity index (χ0n) is 17.3. The van der Waals surface area contributed by atoms with Crippen molar-refractivity contribution in [2.24, 2.45) is 11.7 Å². The maximum Gasteiger partial charge on any atom is 0.220 e. The Hall–Kier alpha value is -3.13. The number of fused-ring (bicyclic) bond motifs is 1. The summed E-state index contributed by atoms with van der Waals surface area (Å²) in [5.41, 5.74) is 6.77. The van der Waals surface area contributed by atoms with Crippen molar-refractivity contribution in [1.82, 2.24) is 4.98 Å². The molecule has 1 aromatic heterocycles. The van der Waals surface area contributed by atoms with E-state index >= 15 is 0 Å². The monoisotopic (exact) mass is 439 g/mol. The van der Waals surface area contributed by atoms with Gasteiger partial charge >= 0.3 is 0 Å². The second kappa shape index (κ2) is 8.55. The molecular formula is C23H25N3O4S. The molecule has 1 aliphatic rings. The number of pyridine rings is 1. The first kappa shape index (κ1) is 21.1. The van der Waals surface area contributed by atoms with Gasteiger partial charge in [0.05, 0.1) is 22.7 Å². The minimum Gasteiger partial charge on any atom is -0.494 e. The van der Waals surface area contributed by atoms with Crippen molar-refractivity contribution in [3.8, 4) is 5.75 Å². The van der Waals surface area contributed by atoms with Gasteiger partial charge in [-0.3, -0.25) is 9.78 Å². The van der Waals surface area contributed by atoms with E-state index in [9.17, 15) is 13.2 Å². The zero-order valence-corrected chi connectivity index (χ0v) is 18.1. The van der Waals surface area contributed by atoms with Gasteiger partial charge < -0.3 is 15.4 Å². The van der Waals surface area contributed by atoms with Gasteiger partial charge in [0.25, 0.3) is 0 Å².